The molecule has 0 saturated heterocycles. The summed E-state index contributed by atoms with van der Waals surface area (Å²) in [6.07, 6.45) is 2.67. The minimum Gasteiger partial charge on any atom is -0.388 e. The highest BCUT2D eigenvalue weighted by Gasteiger charge is 2.12. The molecule has 1 heterocycles. The zero-order valence-corrected chi connectivity index (χ0v) is 10.2. The number of halogens is 1. The lowest BCUT2D eigenvalue weighted by atomic mass is 10.0. The van der Waals surface area contributed by atoms with Crippen LogP contribution < -0.4 is 0 Å². The summed E-state index contributed by atoms with van der Waals surface area (Å²) in [5.74, 6) is 0.709. The fourth-order valence-corrected chi connectivity index (χ4v) is 2.60. The number of aliphatic hydroxyl groups excluding tert-OH is 1. The standard InChI is InChI=1S/C11H17ClOS/c1-8(2)4-3-5-10(13)11-9(12)6-7-14-11/h6-8,10,13H,3-5H2,1-2H3. The monoisotopic (exact) mass is 232 g/mol. The van der Waals surface area contributed by atoms with Crippen molar-refractivity contribution in [3.05, 3.63) is 21.3 Å². The molecule has 0 amide bonds. The normalized spacial score (nSPS) is 13.5. The average Bonchev–Trinajstić information content (AvgIpc) is 2.50. The van der Waals surface area contributed by atoms with Crippen molar-refractivity contribution in [3.63, 3.8) is 0 Å². The van der Waals surface area contributed by atoms with Gasteiger partial charge in [0.2, 0.25) is 0 Å². The van der Waals surface area contributed by atoms with Crippen molar-refractivity contribution in [1.29, 1.82) is 0 Å². The molecule has 0 aliphatic carbocycles. The Balaban J connectivity index is 2.36. The van der Waals surface area contributed by atoms with Crippen molar-refractivity contribution < 1.29 is 5.11 Å². The largest absolute Gasteiger partial charge is 0.388 e. The van der Waals surface area contributed by atoms with Crippen molar-refractivity contribution in [2.75, 3.05) is 0 Å². The van der Waals surface area contributed by atoms with Crippen LogP contribution in [0.4, 0.5) is 0 Å². The average molecular weight is 233 g/mol. The van der Waals surface area contributed by atoms with Crippen LogP contribution in [-0.2, 0) is 0 Å². The number of rotatable bonds is 5. The lowest BCUT2D eigenvalue weighted by Crippen LogP contribution is -1.96. The quantitative estimate of drug-likeness (QED) is 0.804. The molecule has 3 heteroatoms. The Hall–Kier alpha value is -0.0500. The van der Waals surface area contributed by atoms with Gasteiger partial charge in [-0.15, -0.1) is 11.3 Å². The molecule has 1 nitrogen and oxygen atoms in total. The zero-order valence-electron chi connectivity index (χ0n) is 8.66. The molecule has 0 aromatic carbocycles. The van der Waals surface area contributed by atoms with Gasteiger partial charge in [0, 0.05) is 0 Å². The van der Waals surface area contributed by atoms with E-state index in [1.165, 1.54) is 17.8 Å². The summed E-state index contributed by atoms with van der Waals surface area (Å²) in [6, 6.07) is 1.84. The highest BCUT2D eigenvalue weighted by Crippen LogP contribution is 2.31. The van der Waals surface area contributed by atoms with Gasteiger partial charge in [-0.05, 0) is 23.8 Å². The van der Waals surface area contributed by atoms with E-state index >= 15 is 0 Å². The molecule has 1 unspecified atom stereocenters. The number of thiophene rings is 1. The van der Waals surface area contributed by atoms with Crippen LogP contribution in [0, 0.1) is 5.92 Å². The maximum atomic E-state index is 9.83. The van der Waals surface area contributed by atoms with E-state index in [9.17, 15) is 5.11 Å². The van der Waals surface area contributed by atoms with Gasteiger partial charge < -0.3 is 5.11 Å². The van der Waals surface area contributed by atoms with Crippen LogP contribution in [-0.4, -0.2) is 5.11 Å². The van der Waals surface area contributed by atoms with Gasteiger partial charge in [-0.3, -0.25) is 0 Å². The molecule has 1 aromatic rings. The first kappa shape index (κ1) is 12.0. The second-order valence-electron chi connectivity index (χ2n) is 3.97. The molecule has 0 aliphatic heterocycles. The molecule has 0 bridgehead atoms. The third-order valence-corrected chi connectivity index (χ3v) is 3.67. The van der Waals surface area contributed by atoms with E-state index in [1.54, 1.807) is 0 Å². The second-order valence-corrected chi connectivity index (χ2v) is 5.33. The Labute approximate surface area is 94.7 Å². The van der Waals surface area contributed by atoms with E-state index in [4.69, 9.17) is 11.6 Å². The van der Waals surface area contributed by atoms with E-state index in [0.29, 0.717) is 10.9 Å². The van der Waals surface area contributed by atoms with Crippen molar-refractivity contribution >= 4 is 22.9 Å². The predicted octanol–water partition coefficient (Wildman–Crippen LogP) is 4.26. The van der Waals surface area contributed by atoms with E-state index < -0.39 is 0 Å². The first-order valence-electron chi connectivity index (χ1n) is 5.02. The van der Waals surface area contributed by atoms with Gasteiger partial charge in [-0.2, -0.15) is 0 Å². The SMILES string of the molecule is CC(C)CCCC(O)c1sccc1Cl. The highest BCUT2D eigenvalue weighted by molar-refractivity contribution is 7.10. The molecule has 80 valence electrons. The molecule has 0 radical (unpaired) electrons. The smallest absolute Gasteiger partial charge is 0.0896 e. The summed E-state index contributed by atoms with van der Waals surface area (Å²) in [7, 11) is 0. The van der Waals surface area contributed by atoms with Gasteiger partial charge in [0.25, 0.3) is 0 Å². The van der Waals surface area contributed by atoms with Crippen LogP contribution in [0.5, 0.6) is 0 Å². The lowest BCUT2D eigenvalue weighted by molar-refractivity contribution is 0.166. The minimum absolute atomic E-state index is 0.374. The second kappa shape index (κ2) is 5.74. The fourth-order valence-electron chi connectivity index (χ4n) is 1.39. The Kier molecular flexibility index (Phi) is 4.93. The third-order valence-electron chi connectivity index (χ3n) is 2.21. The Morgan fingerprint density at radius 3 is 2.64 bits per heavy atom. The molecule has 0 fully saturated rings. The third kappa shape index (κ3) is 3.60. The number of hydrogen-bond acceptors (Lipinski definition) is 2. The Morgan fingerprint density at radius 2 is 2.14 bits per heavy atom. The van der Waals surface area contributed by atoms with Gasteiger partial charge in [-0.25, -0.2) is 0 Å². The first-order chi connectivity index (χ1) is 6.61. The molecule has 1 N–H and O–H groups in total. The zero-order chi connectivity index (χ0) is 10.6. The van der Waals surface area contributed by atoms with Crippen LogP contribution in [0.25, 0.3) is 0 Å². The van der Waals surface area contributed by atoms with E-state index in [0.717, 1.165) is 17.7 Å². The van der Waals surface area contributed by atoms with Gasteiger partial charge in [-0.1, -0.05) is 38.3 Å². The summed E-state index contributed by atoms with van der Waals surface area (Å²) in [5, 5.41) is 12.5. The molecule has 0 saturated carbocycles. The van der Waals surface area contributed by atoms with Crippen LogP contribution >= 0.6 is 22.9 Å². The maximum absolute atomic E-state index is 9.83. The van der Waals surface area contributed by atoms with Crippen LogP contribution in [0.3, 0.4) is 0 Å². The molecular weight excluding hydrogens is 216 g/mol. The predicted molar refractivity (Wildman–Crippen MR) is 63.0 cm³/mol. The molecular formula is C11H17ClOS. The van der Waals surface area contributed by atoms with Crippen molar-refractivity contribution in [3.8, 4) is 0 Å². The first-order valence-corrected chi connectivity index (χ1v) is 6.28. The highest BCUT2D eigenvalue weighted by atomic mass is 35.5. The van der Waals surface area contributed by atoms with Gasteiger partial charge in [0.05, 0.1) is 16.0 Å². The van der Waals surface area contributed by atoms with Crippen LogP contribution in [0.2, 0.25) is 5.02 Å². The van der Waals surface area contributed by atoms with Crippen molar-refractivity contribution in [2.45, 2.75) is 39.2 Å². The Bertz CT molecular complexity index is 270. The van der Waals surface area contributed by atoms with Crippen molar-refractivity contribution in [1.82, 2.24) is 0 Å². The van der Waals surface area contributed by atoms with E-state index in [2.05, 4.69) is 13.8 Å². The molecule has 1 rings (SSSR count). The molecule has 1 aromatic heterocycles. The summed E-state index contributed by atoms with van der Waals surface area (Å²) in [5.41, 5.74) is 0. The van der Waals surface area contributed by atoms with Gasteiger partial charge in [0.15, 0.2) is 0 Å². The molecule has 14 heavy (non-hydrogen) atoms. The Morgan fingerprint density at radius 1 is 1.43 bits per heavy atom. The van der Waals surface area contributed by atoms with Crippen molar-refractivity contribution in [2.24, 2.45) is 5.92 Å². The summed E-state index contributed by atoms with van der Waals surface area (Å²) < 4.78 is 0. The van der Waals surface area contributed by atoms with Gasteiger partial charge in [0.1, 0.15) is 0 Å². The topological polar surface area (TPSA) is 20.2 Å². The fraction of sp³-hybridized carbons (Fsp3) is 0.636. The van der Waals surface area contributed by atoms with Crippen LogP contribution in [0.1, 0.15) is 44.1 Å². The summed E-state index contributed by atoms with van der Waals surface area (Å²) in [4.78, 5) is 0.912. The molecule has 0 aliphatic rings. The number of hydrogen-bond donors (Lipinski definition) is 1. The van der Waals surface area contributed by atoms with Crippen LogP contribution in [0.15, 0.2) is 11.4 Å². The molecule has 1 atom stereocenters. The lowest BCUT2D eigenvalue weighted by Gasteiger charge is -2.10. The minimum atomic E-state index is -0.374. The van der Waals surface area contributed by atoms with E-state index in [-0.39, 0.29) is 6.10 Å². The van der Waals surface area contributed by atoms with E-state index in [1.807, 2.05) is 11.4 Å². The number of aliphatic hydroxyl groups is 1. The summed E-state index contributed by atoms with van der Waals surface area (Å²) in [6.45, 7) is 4.40. The molecule has 0 spiro atoms. The van der Waals surface area contributed by atoms with Gasteiger partial charge >= 0.3 is 0 Å². The summed E-state index contributed by atoms with van der Waals surface area (Å²) >= 11 is 7.46. The maximum Gasteiger partial charge on any atom is 0.0896 e.